The number of anilines is 2. The zero-order valence-corrected chi connectivity index (χ0v) is 15.7. The van der Waals surface area contributed by atoms with Crippen LogP contribution in [0.3, 0.4) is 0 Å². The number of nitrogens with one attached hydrogen (secondary N) is 1. The first kappa shape index (κ1) is 16.7. The predicted molar refractivity (Wildman–Crippen MR) is 95.3 cm³/mol. The molecule has 0 amide bonds. The van der Waals surface area contributed by atoms with Gasteiger partial charge in [-0.25, -0.2) is 8.42 Å². The van der Waals surface area contributed by atoms with Crippen molar-refractivity contribution in [3.8, 4) is 0 Å². The van der Waals surface area contributed by atoms with Crippen molar-refractivity contribution in [1.82, 2.24) is 0 Å². The van der Waals surface area contributed by atoms with Crippen LogP contribution < -0.4 is 10.5 Å². The van der Waals surface area contributed by atoms with E-state index in [1.165, 1.54) is 11.8 Å². The zero-order valence-electron chi connectivity index (χ0n) is 10.9. The Kier molecular flexibility index (Phi) is 5.24. The second-order valence-corrected chi connectivity index (χ2v) is 8.41. The van der Waals surface area contributed by atoms with E-state index in [-0.39, 0.29) is 10.6 Å². The number of sulfonamides is 1. The number of hydrogen-bond donors (Lipinski definition) is 2. The summed E-state index contributed by atoms with van der Waals surface area (Å²) in [7, 11) is -3.77. The molecule has 2 rings (SSSR count). The Bertz CT molecular complexity index is 756. The lowest BCUT2D eigenvalue weighted by molar-refractivity contribution is 0.601. The molecule has 2 aromatic rings. The second-order valence-electron chi connectivity index (χ2n) is 4.14. The van der Waals surface area contributed by atoms with Crippen LogP contribution in [0, 0.1) is 0 Å². The summed E-state index contributed by atoms with van der Waals surface area (Å²) < 4.78 is 28.7. The fraction of sp³-hybridized carbons (Fsp3) is 0.0769. The van der Waals surface area contributed by atoms with Crippen LogP contribution in [0.25, 0.3) is 0 Å². The Morgan fingerprint density at radius 2 is 1.90 bits per heavy atom. The van der Waals surface area contributed by atoms with Gasteiger partial charge in [-0.1, -0.05) is 22.0 Å². The average molecular weight is 452 g/mol. The molecule has 0 aromatic heterocycles. The van der Waals surface area contributed by atoms with Crippen LogP contribution in [-0.2, 0) is 10.0 Å². The lowest BCUT2D eigenvalue weighted by Gasteiger charge is -2.13. The van der Waals surface area contributed by atoms with Gasteiger partial charge < -0.3 is 5.73 Å². The smallest absolute Gasteiger partial charge is 0.265 e. The summed E-state index contributed by atoms with van der Waals surface area (Å²) >= 11 is 8.05. The van der Waals surface area contributed by atoms with E-state index < -0.39 is 10.0 Å². The third-order valence-corrected chi connectivity index (χ3v) is 6.20. The van der Waals surface area contributed by atoms with Gasteiger partial charge in [-0.2, -0.15) is 0 Å². The van der Waals surface area contributed by atoms with Crippen LogP contribution in [0.2, 0.25) is 0 Å². The third-order valence-electron chi connectivity index (χ3n) is 2.63. The summed E-state index contributed by atoms with van der Waals surface area (Å²) in [5, 5.41) is 0. The minimum absolute atomic E-state index is 0.0280. The largest absolute Gasteiger partial charge is 0.398 e. The summed E-state index contributed by atoms with van der Waals surface area (Å²) in [6, 6.07) is 10.4. The fourth-order valence-corrected chi connectivity index (χ4v) is 5.34. The summed E-state index contributed by atoms with van der Waals surface area (Å²) in [5.41, 5.74) is 6.50. The molecule has 0 aliphatic rings. The highest BCUT2D eigenvalue weighted by Crippen LogP contribution is 2.33. The number of hydrogen-bond acceptors (Lipinski definition) is 4. The Balaban J connectivity index is 2.43. The molecule has 3 N–H and O–H groups in total. The Morgan fingerprint density at radius 1 is 1.19 bits per heavy atom. The topological polar surface area (TPSA) is 72.2 Å². The summed E-state index contributed by atoms with van der Waals surface area (Å²) in [4.78, 5) is 0.998. The predicted octanol–water partition coefficient (Wildman–Crippen LogP) is 4.32. The van der Waals surface area contributed by atoms with Gasteiger partial charge >= 0.3 is 0 Å². The van der Waals surface area contributed by atoms with Gasteiger partial charge in [0.25, 0.3) is 10.0 Å². The maximum atomic E-state index is 12.5. The van der Waals surface area contributed by atoms with Crippen LogP contribution in [0.1, 0.15) is 0 Å². The Hall–Kier alpha value is -0.700. The number of rotatable bonds is 4. The van der Waals surface area contributed by atoms with E-state index >= 15 is 0 Å². The van der Waals surface area contributed by atoms with Crippen molar-refractivity contribution in [2.24, 2.45) is 0 Å². The standard InChI is InChI=1S/C13H12Br2N2O2S2/c1-20-10-4-2-3-9(7-10)17-21(18,19)13-11(15)5-8(14)6-12(13)16/h2-7,17H,16H2,1H3. The first-order valence-corrected chi connectivity index (χ1v) is 10.0. The molecule has 2 aromatic carbocycles. The van der Waals surface area contributed by atoms with Gasteiger partial charge in [0.1, 0.15) is 4.90 Å². The normalized spacial score (nSPS) is 11.4. The Labute approximate surface area is 144 Å². The van der Waals surface area contributed by atoms with Crippen molar-refractivity contribution in [3.63, 3.8) is 0 Å². The van der Waals surface area contributed by atoms with Crippen molar-refractivity contribution in [2.75, 3.05) is 16.7 Å². The van der Waals surface area contributed by atoms with Crippen LogP contribution in [0.5, 0.6) is 0 Å². The van der Waals surface area contributed by atoms with Crippen molar-refractivity contribution >= 4 is 65.0 Å². The third kappa shape index (κ3) is 3.94. The highest BCUT2D eigenvalue weighted by atomic mass is 79.9. The maximum Gasteiger partial charge on any atom is 0.265 e. The van der Waals surface area contributed by atoms with Crippen LogP contribution in [0.15, 0.2) is 55.1 Å². The highest BCUT2D eigenvalue weighted by Gasteiger charge is 2.21. The van der Waals surface area contributed by atoms with Crippen LogP contribution in [-0.4, -0.2) is 14.7 Å². The quantitative estimate of drug-likeness (QED) is 0.536. The molecule has 0 aliphatic carbocycles. The molecule has 0 saturated carbocycles. The lowest BCUT2D eigenvalue weighted by atomic mass is 10.3. The number of thioether (sulfide) groups is 1. The minimum Gasteiger partial charge on any atom is -0.398 e. The molecule has 0 bridgehead atoms. The SMILES string of the molecule is CSc1cccc(NS(=O)(=O)c2c(N)cc(Br)cc2Br)c1. The van der Waals surface area contributed by atoms with Gasteiger partial charge in [-0.15, -0.1) is 11.8 Å². The second kappa shape index (κ2) is 6.60. The van der Waals surface area contributed by atoms with Crippen LogP contribution >= 0.6 is 43.6 Å². The van der Waals surface area contributed by atoms with Gasteiger partial charge in [-0.3, -0.25) is 4.72 Å². The molecule has 0 saturated heterocycles. The first-order valence-electron chi connectivity index (χ1n) is 5.75. The number of nitrogen functional groups attached to an aromatic ring is 1. The molecular weight excluding hydrogens is 440 g/mol. The van der Waals surface area contributed by atoms with E-state index in [0.29, 0.717) is 14.6 Å². The Morgan fingerprint density at radius 3 is 2.52 bits per heavy atom. The molecule has 0 heterocycles. The molecule has 0 unspecified atom stereocenters. The molecular formula is C13H12Br2N2O2S2. The van der Waals surface area contributed by atoms with Gasteiger partial charge in [0, 0.05) is 19.5 Å². The molecule has 0 fully saturated rings. The van der Waals surface area contributed by atoms with E-state index in [0.717, 1.165) is 4.90 Å². The monoisotopic (exact) mass is 450 g/mol. The lowest BCUT2D eigenvalue weighted by Crippen LogP contribution is -2.15. The number of nitrogens with two attached hydrogens (primary N) is 1. The summed E-state index contributed by atoms with van der Waals surface area (Å²) in [6.45, 7) is 0. The highest BCUT2D eigenvalue weighted by molar-refractivity contribution is 9.11. The van der Waals surface area contributed by atoms with E-state index in [4.69, 9.17) is 5.73 Å². The van der Waals surface area contributed by atoms with Gasteiger partial charge in [0.15, 0.2) is 0 Å². The summed E-state index contributed by atoms with van der Waals surface area (Å²) in [5.74, 6) is 0. The molecule has 21 heavy (non-hydrogen) atoms. The van der Waals surface area contributed by atoms with Crippen LogP contribution in [0.4, 0.5) is 11.4 Å². The maximum absolute atomic E-state index is 12.5. The average Bonchev–Trinajstić information content (AvgIpc) is 2.36. The minimum atomic E-state index is -3.77. The first-order chi connectivity index (χ1) is 9.83. The van der Waals surface area contributed by atoms with Gasteiger partial charge in [-0.05, 0) is 52.5 Å². The molecule has 0 atom stereocenters. The number of halogens is 2. The van der Waals surface area contributed by atoms with Gasteiger partial charge in [0.2, 0.25) is 0 Å². The van der Waals surface area contributed by atoms with E-state index in [2.05, 4.69) is 36.6 Å². The summed E-state index contributed by atoms with van der Waals surface area (Å²) in [6.07, 6.45) is 1.93. The molecule has 0 spiro atoms. The van der Waals surface area contributed by atoms with Crippen molar-refractivity contribution in [3.05, 3.63) is 45.3 Å². The fourth-order valence-electron chi connectivity index (χ4n) is 1.76. The zero-order chi connectivity index (χ0) is 15.6. The van der Waals surface area contributed by atoms with Gasteiger partial charge in [0.05, 0.1) is 5.69 Å². The van der Waals surface area contributed by atoms with E-state index in [1.807, 2.05) is 12.3 Å². The van der Waals surface area contributed by atoms with Crippen molar-refractivity contribution in [2.45, 2.75) is 9.79 Å². The van der Waals surface area contributed by atoms with Crippen molar-refractivity contribution < 1.29 is 8.42 Å². The molecule has 0 radical (unpaired) electrons. The molecule has 8 heteroatoms. The van der Waals surface area contributed by atoms with E-state index in [1.54, 1.807) is 30.3 Å². The van der Waals surface area contributed by atoms with Crippen molar-refractivity contribution in [1.29, 1.82) is 0 Å². The number of benzene rings is 2. The molecule has 4 nitrogen and oxygen atoms in total. The molecule has 0 aliphatic heterocycles. The molecule has 112 valence electrons. The van der Waals surface area contributed by atoms with E-state index in [9.17, 15) is 8.42 Å².